The number of halogens is 2. The highest BCUT2D eigenvalue weighted by atomic mass is 35.5. The van der Waals surface area contributed by atoms with Crippen LogP contribution in [0.1, 0.15) is 22.2 Å². The minimum Gasteiger partial charge on any atom is -0.357 e. The number of fused-ring (bicyclic) bond motifs is 1. The van der Waals surface area contributed by atoms with Crippen molar-refractivity contribution in [2.75, 3.05) is 5.32 Å². The van der Waals surface area contributed by atoms with Crippen LogP contribution in [0.3, 0.4) is 0 Å². The van der Waals surface area contributed by atoms with Gasteiger partial charge in [-0.05, 0) is 31.0 Å². The van der Waals surface area contributed by atoms with Crippen molar-refractivity contribution in [2.45, 2.75) is 25.0 Å². The molecule has 0 saturated carbocycles. The zero-order chi connectivity index (χ0) is 10.3. The third-order valence-electron chi connectivity index (χ3n) is 2.51. The minimum absolute atomic E-state index is 0.215. The Bertz CT molecular complexity index is 365. The van der Waals surface area contributed by atoms with Gasteiger partial charge in [-0.1, -0.05) is 17.7 Å². The maximum absolute atomic E-state index is 6.13. The van der Waals surface area contributed by atoms with E-state index in [0.29, 0.717) is 0 Å². The molecule has 0 fully saturated rings. The van der Waals surface area contributed by atoms with Crippen molar-refractivity contribution >= 4 is 28.9 Å². The molecule has 1 aliphatic rings. The summed E-state index contributed by atoms with van der Waals surface area (Å²) in [5.74, 6) is 0. The first kappa shape index (κ1) is 10.1. The van der Waals surface area contributed by atoms with Crippen LogP contribution < -0.4 is 10.6 Å². The van der Waals surface area contributed by atoms with Gasteiger partial charge in [0.2, 0.25) is 0 Å². The second kappa shape index (κ2) is 3.61. The number of rotatable bonds is 0. The SMILES string of the molecule is Cc1cc2c(cc1C)C(Cl)NC(Cl)N2. The number of aryl methyl sites for hydroxylation is 2. The molecule has 76 valence electrons. The standard InChI is InChI=1S/C10H12Cl2N2/c1-5-3-7-8(4-6(5)2)13-10(12)14-9(7)11/h3-4,9-10,13-14H,1-2H3. The van der Waals surface area contributed by atoms with Crippen LogP contribution in [0.25, 0.3) is 0 Å². The Balaban J connectivity index is 2.49. The monoisotopic (exact) mass is 230 g/mol. The summed E-state index contributed by atoms with van der Waals surface area (Å²) in [6.07, 6.45) is 0. The summed E-state index contributed by atoms with van der Waals surface area (Å²) in [7, 11) is 0. The van der Waals surface area contributed by atoms with Crippen molar-refractivity contribution in [2.24, 2.45) is 0 Å². The molecule has 14 heavy (non-hydrogen) atoms. The molecule has 2 atom stereocenters. The predicted octanol–water partition coefficient (Wildman–Crippen LogP) is 3.08. The van der Waals surface area contributed by atoms with Crippen molar-refractivity contribution < 1.29 is 0 Å². The third kappa shape index (κ3) is 1.70. The van der Waals surface area contributed by atoms with Gasteiger partial charge in [0.15, 0.2) is 5.62 Å². The van der Waals surface area contributed by atoms with E-state index < -0.39 is 0 Å². The lowest BCUT2D eigenvalue weighted by Gasteiger charge is -2.28. The molecule has 1 aromatic rings. The van der Waals surface area contributed by atoms with E-state index in [1.165, 1.54) is 11.1 Å². The van der Waals surface area contributed by atoms with E-state index in [4.69, 9.17) is 23.2 Å². The molecular weight excluding hydrogens is 219 g/mol. The fourth-order valence-electron chi connectivity index (χ4n) is 1.57. The predicted molar refractivity (Wildman–Crippen MR) is 60.9 cm³/mol. The van der Waals surface area contributed by atoms with E-state index in [0.717, 1.165) is 11.3 Å². The first-order chi connectivity index (χ1) is 6.58. The Labute approximate surface area is 93.6 Å². The Morgan fingerprint density at radius 1 is 1.14 bits per heavy atom. The summed E-state index contributed by atoms with van der Waals surface area (Å²) in [5.41, 5.74) is 4.05. The van der Waals surface area contributed by atoms with Crippen molar-refractivity contribution in [1.82, 2.24) is 5.32 Å². The quantitative estimate of drug-likeness (QED) is 0.529. The highest BCUT2D eigenvalue weighted by molar-refractivity contribution is 6.24. The second-order valence-electron chi connectivity index (χ2n) is 3.56. The number of anilines is 1. The van der Waals surface area contributed by atoms with Crippen molar-refractivity contribution in [1.29, 1.82) is 0 Å². The molecular formula is C10H12Cl2N2. The molecule has 2 N–H and O–H groups in total. The smallest absolute Gasteiger partial charge is 0.156 e. The molecule has 0 spiro atoms. The molecule has 1 aliphatic heterocycles. The van der Waals surface area contributed by atoms with Crippen LogP contribution in [-0.4, -0.2) is 5.62 Å². The molecule has 2 nitrogen and oxygen atoms in total. The number of alkyl halides is 2. The molecule has 0 bridgehead atoms. The van der Waals surface area contributed by atoms with Crippen molar-refractivity contribution in [3.63, 3.8) is 0 Å². The van der Waals surface area contributed by atoms with Gasteiger partial charge in [-0.25, -0.2) is 0 Å². The largest absolute Gasteiger partial charge is 0.357 e. The summed E-state index contributed by atoms with van der Waals surface area (Å²) in [6.45, 7) is 4.15. The highest BCUT2D eigenvalue weighted by Crippen LogP contribution is 2.33. The molecule has 0 saturated heterocycles. The van der Waals surface area contributed by atoms with Crippen LogP contribution in [0.5, 0.6) is 0 Å². The molecule has 4 heteroatoms. The Morgan fingerprint density at radius 2 is 1.79 bits per heavy atom. The van der Waals surface area contributed by atoms with Crippen LogP contribution in [-0.2, 0) is 0 Å². The fourth-order valence-corrected chi connectivity index (χ4v) is 2.18. The maximum Gasteiger partial charge on any atom is 0.156 e. The summed E-state index contributed by atoms with van der Waals surface area (Å²) < 4.78 is 0. The van der Waals surface area contributed by atoms with Crippen LogP contribution in [0.15, 0.2) is 12.1 Å². The zero-order valence-electron chi connectivity index (χ0n) is 8.07. The summed E-state index contributed by atoms with van der Waals surface area (Å²) in [6, 6.07) is 4.17. The average Bonchev–Trinajstić information content (AvgIpc) is 2.08. The number of benzene rings is 1. The molecule has 0 aromatic heterocycles. The topological polar surface area (TPSA) is 24.1 Å². The second-order valence-corrected chi connectivity index (χ2v) is 4.43. The summed E-state index contributed by atoms with van der Waals surface area (Å²) in [5, 5.41) is 6.13. The molecule has 0 aliphatic carbocycles. The van der Waals surface area contributed by atoms with Gasteiger partial charge >= 0.3 is 0 Å². The van der Waals surface area contributed by atoms with Crippen LogP contribution in [0, 0.1) is 13.8 Å². The number of hydrogen-bond acceptors (Lipinski definition) is 2. The number of nitrogens with one attached hydrogen (secondary N) is 2. The van der Waals surface area contributed by atoms with E-state index in [-0.39, 0.29) is 11.1 Å². The Kier molecular flexibility index (Phi) is 2.60. The van der Waals surface area contributed by atoms with E-state index in [2.05, 4.69) is 36.6 Å². The van der Waals surface area contributed by atoms with Gasteiger partial charge < -0.3 is 5.32 Å². The van der Waals surface area contributed by atoms with Crippen molar-refractivity contribution in [3.05, 3.63) is 28.8 Å². The lowest BCUT2D eigenvalue weighted by molar-refractivity contribution is 0.642. The van der Waals surface area contributed by atoms with Gasteiger partial charge in [0.25, 0.3) is 0 Å². The van der Waals surface area contributed by atoms with Gasteiger partial charge in [-0.3, -0.25) is 5.32 Å². The summed E-state index contributed by atoms with van der Waals surface area (Å²) in [4.78, 5) is 0. The van der Waals surface area contributed by atoms with E-state index in [1.807, 2.05) is 0 Å². The number of hydrogen-bond donors (Lipinski definition) is 2. The molecule has 1 aromatic carbocycles. The highest BCUT2D eigenvalue weighted by Gasteiger charge is 2.22. The van der Waals surface area contributed by atoms with E-state index in [1.54, 1.807) is 0 Å². The first-order valence-corrected chi connectivity index (χ1v) is 5.37. The van der Waals surface area contributed by atoms with E-state index in [9.17, 15) is 0 Å². The van der Waals surface area contributed by atoms with Gasteiger partial charge in [0.1, 0.15) is 5.50 Å². The van der Waals surface area contributed by atoms with Gasteiger partial charge in [0.05, 0.1) is 0 Å². The lowest BCUT2D eigenvalue weighted by atomic mass is 10.0. The summed E-state index contributed by atoms with van der Waals surface area (Å²) >= 11 is 12.1. The van der Waals surface area contributed by atoms with Gasteiger partial charge in [-0.2, -0.15) is 0 Å². The lowest BCUT2D eigenvalue weighted by Crippen LogP contribution is -2.37. The maximum atomic E-state index is 6.13. The third-order valence-corrected chi connectivity index (χ3v) is 3.11. The fraction of sp³-hybridized carbons (Fsp3) is 0.400. The van der Waals surface area contributed by atoms with Crippen LogP contribution in [0.2, 0.25) is 0 Å². The Hall–Kier alpha value is -0.440. The molecule has 0 radical (unpaired) electrons. The van der Waals surface area contributed by atoms with Crippen molar-refractivity contribution in [3.8, 4) is 0 Å². The average molecular weight is 231 g/mol. The molecule has 1 heterocycles. The normalized spacial score (nSPS) is 25.4. The molecule has 2 unspecified atom stereocenters. The van der Waals surface area contributed by atoms with E-state index >= 15 is 0 Å². The minimum atomic E-state index is -0.299. The van der Waals surface area contributed by atoms with Gasteiger partial charge in [-0.15, -0.1) is 11.6 Å². The first-order valence-electron chi connectivity index (χ1n) is 4.50. The Morgan fingerprint density at radius 3 is 2.50 bits per heavy atom. The molecule has 2 rings (SSSR count). The zero-order valence-corrected chi connectivity index (χ0v) is 9.58. The van der Waals surface area contributed by atoms with Gasteiger partial charge in [0, 0.05) is 11.3 Å². The molecule has 0 amide bonds. The van der Waals surface area contributed by atoms with Crippen LogP contribution >= 0.6 is 23.2 Å². The van der Waals surface area contributed by atoms with Crippen LogP contribution in [0.4, 0.5) is 5.69 Å².